The summed E-state index contributed by atoms with van der Waals surface area (Å²) >= 11 is 0. The number of ether oxygens (including phenoxy) is 1. The Morgan fingerprint density at radius 1 is 0.867 bits per heavy atom. The fourth-order valence-corrected chi connectivity index (χ4v) is 0.391. The van der Waals surface area contributed by atoms with Crippen molar-refractivity contribution < 1.29 is 24.9 Å². The standard InChI is InChI=1S/C6H14O.C3H8O.BH3O3/c1-3-5-7-6-4-2;1-2-3-4;2-1(3)4/h3-6H2,1-2H3;4H,2-3H2,1H3;2-4H. The molecule has 0 saturated heterocycles. The monoisotopic (exact) mass is 224 g/mol. The molecule has 0 aliphatic rings. The minimum atomic E-state index is -2.17. The summed E-state index contributed by atoms with van der Waals surface area (Å²) in [6.45, 7) is 8.34. The molecule has 0 aromatic carbocycles. The third-order valence-corrected chi connectivity index (χ3v) is 0.921. The van der Waals surface area contributed by atoms with Crippen LogP contribution in [0.2, 0.25) is 0 Å². The zero-order valence-electron chi connectivity index (χ0n) is 10.0. The van der Waals surface area contributed by atoms with Crippen LogP contribution in [-0.2, 0) is 4.74 Å². The van der Waals surface area contributed by atoms with Crippen LogP contribution in [0.4, 0.5) is 0 Å². The Labute approximate surface area is 92.9 Å². The van der Waals surface area contributed by atoms with Gasteiger partial charge in [0.2, 0.25) is 0 Å². The number of rotatable bonds is 5. The average Bonchev–Trinajstić information content (AvgIpc) is 2.18. The van der Waals surface area contributed by atoms with E-state index < -0.39 is 7.32 Å². The van der Waals surface area contributed by atoms with Crippen molar-refractivity contribution in [3.63, 3.8) is 0 Å². The van der Waals surface area contributed by atoms with Gasteiger partial charge in [0, 0.05) is 19.8 Å². The maximum atomic E-state index is 7.88. The number of aliphatic hydroxyl groups is 1. The second kappa shape index (κ2) is 23.6. The Bertz CT molecular complexity index is 74.1. The van der Waals surface area contributed by atoms with Crippen molar-refractivity contribution in [1.82, 2.24) is 0 Å². The van der Waals surface area contributed by atoms with Gasteiger partial charge in [0.05, 0.1) is 0 Å². The molecular weight excluding hydrogens is 199 g/mol. The van der Waals surface area contributed by atoms with Gasteiger partial charge < -0.3 is 24.9 Å². The molecule has 5 nitrogen and oxygen atoms in total. The second-order valence-corrected chi connectivity index (χ2v) is 2.68. The summed E-state index contributed by atoms with van der Waals surface area (Å²) in [5, 5.41) is 29.4. The molecule has 0 aromatic rings. The molecule has 0 heterocycles. The predicted octanol–water partition coefficient (Wildman–Crippen LogP) is 0.160. The summed E-state index contributed by atoms with van der Waals surface area (Å²) in [6.07, 6.45) is 3.15. The third kappa shape index (κ3) is 82.5. The van der Waals surface area contributed by atoms with Crippen molar-refractivity contribution in [2.45, 2.75) is 40.0 Å². The molecular formula is C9H25BO5. The highest BCUT2D eigenvalue weighted by atomic mass is 16.5. The van der Waals surface area contributed by atoms with Gasteiger partial charge >= 0.3 is 7.32 Å². The van der Waals surface area contributed by atoms with Gasteiger partial charge in [-0.1, -0.05) is 20.8 Å². The molecule has 0 bridgehead atoms. The molecule has 0 saturated carbocycles. The van der Waals surface area contributed by atoms with Crippen LogP contribution in [0.3, 0.4) is 0 Å². The highest BCUT2D eigenvalue weighted by Crippen LogP contribution is 1.81. The van der Waals surface area contributed by atoms with Crippen molar-refractivity contribution >= 4 is 7.32 Å². The van der Waals surface area contributed by atoms with Gasteiger partial charge in [-0.15, -0.1) is 0 Å². The van der Waals surface area contributed by atoms with Crippen LogP contribution in [0.5, 0.6) is 0 Å². The SMILES string of the molecule is CCCO.CCCOCCC.OB(O)O. The lowest BCUT2D eigenvalue weighted by Gasteiger charge is -1.95. The van der Waals surface area contributed by atoms with Crippen LogP contribution >= 0.6 is 0 Å². The summed E-state index contributed by atoms with van der Waals surface area (Å²) < 4.78 is 5.13. The van der Waals surface area contributed by atoms with Gasteiger partial charge in [0.1, 0.15) is 0 Å². The van der Waals surface area contributed by atoms with Gasteiger partial charge in [-0.25, -0.2) is 0 Å². The largest absolute Gasteiger partial charge is 0.631 e. The molecule has 4 N–H and O–H groups in total. The summed E-state index contributed by atoms with van der Waals surface area (Å²) in [4.78, 5) is 0. The van der Waals surface area contributed by atoms with Crippen LogP contribution in [0.1, 0.15) is 40.0 Å². The Kier molecular flexibility index (Phi) is 31.9. The Hall–Kier alpha value is -0.135. The van der Waals surface area contributed by atoms with Crippen molar-refractivity contribution in [2.24, 2.45) is 0 Å². The van der Waals surface area contributed by atoms with E-state index in [9.17, 15) is 0 Å². The number of aliphatic hydroxyl groups excluding tert-OH is 1. The summed E-state index contributed by atoms with van der Waals surface area (Å²) in [6, 6.07) is 0. The van der Waals surface area contributed by atoms with E-state index in [2.05, 4.69) is 13.8 Å². The van der Waals surface area contributed by atoms with Crippen molar-refractivity contribution in [2.75, 3.05) is 19.8 Å². The van der Waals surface area contributed by atoms with Crippen LogP contribution in [0, 0.1) is 0 Å². The molecule has 0 aliphatic heterocycles. The van der Waals surface area contributed by atoms with E-state index in [4.69, 9.17) is 24.9 Å². The maximum absolute atomic E-state index is 7.88. The van der Waals surface area contributed by atoms with Crippen LogP contribution < -0.4 is 0 Å². The van der Waals surface area contributed by atoms with Gasteiger partial charge in [0.15, 0.2) is 0 Å². The fraction of sp³-hybridized carbons (Fsp3) is 1.00. The molecule has 0 unspecified atom stereocenters. The Morgan fingerprint density at radius 3 is 1.27 bits per heavy atom. The fourth-order valence-electron chi connectivity index (χ4n) is 0.391. The molecule has 0 fully saturated rings. The first-order chi connectivity index (χ1) is 7.06. The molecule has 0 aromatic heterocycles. The van der Waals surface area contributed by atoms with E-state index in [-0.39, 0.29) is 0 Å². The quantitative estimate of drug-likeness (QED) is 0.394. The minimum Gasteiger partial charge on any atom is -0.402 e. The molecule has 0 amide bonds. The molecule has 0 atom stereocenters. The maximum Gasteiger partial charge on any atom is 0.631 e. The topological polar surface area (TPSA) is 90.2 Å². The molecule has 6 heteroatoms. The van der Waals surface area contributed by atoms with Crippen LogP contribution in [-0.4, -0.2) is 47.3 Å². The Balaban J connectivity index is -0.000000155. The predicted molar refractivity (Wildman–Crippen MR) is 61.2 cm³/mol. The molecule has 94 valence electrons. The van der Waals surface area contributed by atoms with E-state index >= 15 is 0 Å². The van der Waals surface area contributed by atoms with Gasteiger partial charge in [-0.2, -0.15) is 0 Å². The van der Waals surface area contributed by atoms with Gasteiger partial charge in [-0.3, -0.25) is 0 Å². The third-order valence-electron chi connectivity index (χ3n) is 0.921. The molecule has 0 rings (SSSR count). The average molecular weight is 224 g/mol. The van der Waals surface area contributed by atoms with E-state index in [1.165, 1.54) is 0 Å². The molecule has 15 heavy (non-hydrogen) atoms. The highest BCUT2D eigenvalue weighted by molar-refractivity contribution is 6.30. The highest BCUT2D eigenvalue weighted by Gasteiger charge is 1.92. The van der Waals surface area contributed by atoms with Crippen molar-refractivity contribution in [3.8, 4) is 0 Å². The minimum absolute atomic E-state index is 0.319. The second-order valence-electron chi connectivity index (χ2n) is 2.68. The van der Waals surface area contributed by atoms with E-state index in [0.717, 1.165) is 32.5 Å². The van der Waals surface area contributed by atoms with E-state index in [0.29, 0.717) is 6.61 Å². The summed E-state index contributed by atoms with van der Waals surface area (Å²) in [5.41, 5.74) is 0. The van der Waals surface area contributed by atoms with E-state index in [1.807, 2.05) is 6.92 Å². The lowest BCUT2D eigenvalue weighted by Crippen LogP contribution is -2.07. The van der Waals surface area contributed by atoms with Gasteiger partial charge in [0.25, 0.3) is 0 Å². The van der Waals surface area contributed by atoms with Crippen LogP contribution in [0.15, 0.2) is 0 Å². The summed E-state index contributed by atoms with van der Waals surface area (Å²) in [5.74, 6) is 0. The summed E-state index contributed by atoms with van der Waals surface area (Å²) in [7, 11) is -2.17. The van der Waals surface area contributed by atoms with Crippen molar-refractivity contribution in [1.29, 1.82) is 0 Å². The lowest BCUT2D eigenvalue weighted by atomic mass is 10.3. The lowest BCUT2D eigenvalue weighted by molar-refractivity contribution is 0.135. The van der Waals surface area contributed by atoms with Crippen LogP contribution in [0.25, 0.3) is 0 Å². The zero-order valence-corrected chi connectivity index (χ0v) is 10.0. The first-order valence-corrected chi connectivity index (χ1v) is 5.29. The number of hydrogen-bond donors (Lipinski definition) is 4. The van der Waals surface area contributed by atoms with E-state index in [1.54, 1.807) is 0 Å². The van der Waals surface area contributed by atoms with Crippen molar-refractivity contribution in [3.05, 3.63) is 0 Å². The normalized spacial score (nSPS) is 8.20. The molecule has 0 spiro atoms. The first-order valence-electron chi connectivity index (χ1n) is 5.29. The smallest absolute Gasteiger partial charge is 0.402 e. The molecule has 0 radical (unpaired) electrons. The molecule has 0 aliphatic carbocycles. The zero-order chi connectivity index (χ0) is 12.5. The Morgan fingerprint density at radius 2 is 1.13 bits per heavy atom. The first kappa shape index (κ1) is 20.3. The number of hydrogen-bond acceptors (Lipinski definition) is 5. The van der Waals surface area contributed by atoms with Gasteiger partial charge in [-0.05, 0) is 19.3 Å².